The Morgan fingerprint density at radius 1 is 1.19 bits per heavy atom. The van der Waals surface area contributed by atoms with Crippen LogP contribution in [0.2, 0.25) is 0 Å². The van der Waals surface area contributed by atoms with Crippen LogP contribution in [0, 0.1) is 6.92 Å². The first kappa shape index (κ1) is 19.5. The molecule has 3 rings (SSSR count). The van der Waals surface area contributed by atoms with Gasteiger partial charge in [0, 0.05) is 43.6 Å². The van der Waals surface area contributed by atoms with Crippen molar-refractivity contribution in [3.05, 3.63) is 35.7 Å². The highest BCUT2D eigenvalue weighted by Crippen LogP contribution is 2.19. The first-order valence-electron chi connectivity index (χ1n) is 9.43. The predicted molar refractivity (Wildman–Crippen MR) is 102 cm³/mol. The maximum absolute atomic E-state index is 12.2. The number of morpholine rings is 1. The lowest BCUT2D eigenvalue weighted by Gasteiger charge is -2.40. The number of benzene rings is 1. The van der Waals surface area contributed by atoms with E-state index in [1.165, 1.54) is 5.56 Å². The summed E-state index contributed by atoms with van der Waals surface area (Å²) in [6.45, 7) is 10.2. The number of carbonyl (C=O) groups is 1. The van der Waals surface area contributed by atoms with Crippen LogP contribution in [0.15, 0.2) is 28.7 Å². The zero-order valence-electron chi connectivity index (χ0n) is 16.3. The molecule has 2 aromatic rings. The van der Waals surface area contributed by atoms with Crippen LogP contribution in [0.4, 0.5) is 0 Å². The van der Waals surface area contributed by atoms with Crippen LogP contribution < -0.4 is 5.32 Å². The highest BCUT2D eigenvalue weighted by Gasteiger charge is 2.28. The van der Waals surface area contributed by atoms with Crippen molar-refractivity contribution in [1.29, 1.82) is 0 Å². The molecule has 1 aliphatic rings. The number of amides is 1. The van der Waals surface area contributed by atoms with Crippen LogP contribution in [-0.2, 0) is 16.0 Å². The Kier molecular flexibility index (Phi) is 6.23. The summed E-state index contributed by atoms with van der Waals surface area (Å²) < 4.78 is 11.1. The average molecular weight is 372 g/mol. The van der Waals surface area contributed by atoms with E-state index in [4.69, 9.17) is 9.15 Å². The average Bonchev–Trinajstić information content (AvgIpc) is 3.15. The molecule has 146 valence electrons. The topological polar surface area (TPSA) is 80.5 Å². The van der Waals surface area contributed by atoms with E-state index in [0.717, 1.165) is 31.9 Å². The molecule has 1 aliphatic heterocycles. The third-order valence-electron chi connectivity index (χ3n) is 4.92. The summed E-state index contributed by atoms with van der Waals surface area (Å²) in [5.41, 5.74) is 1.97. The number of aromatic nitrogens is 2. The first-order chi connectivity index (χ1) is 12.9. The van der Waals surface area contributed by atoms with Gasteiger partial charge in [-0.1, -0.05) is 17.7 Å². The van der Waals surface area contributed by atoms with E-state index in [1.807, 2.05) is 31.2 Å². The molecule has 2 heterocycles. The molecular formula is C20H28N4O3. The van der Waals surface area contributed by atoms with Gasteiger partial charge in [-0.3, -0.25) is 9.69 Å². The van der Waals surface area contributed by atoms with Gasteiger partial charge in [0.15, 0.2) is 0 Å². The standard InChI is InChI=1S/C20H28N4O3/c1-15-4-6-16(7-5-15)19-23-22-18(27-19)9-8-17(25)21-14-20(2,3)24-10-12-26-13-11-24/h4-7H,8-14H2,1-3H3,(H,21,25). The number of hydrogen-bond donors (Lipinski definition) is 1. The monoisotopic (exact) mass is 372 g/mol. The van der Waals surface area contributed by atoms with E-state index >= 15 is 0 Å². The van der Waals surface area contributed by atoms with Crippen molar-refractivity contribution in [2.75, 3.05) is 32.8 Å². The van der Waals surface area contributed by atoms with Crippen LogP contribution in [-0.4, -0.2) is 59.4 Å². The minimum absolute atomic E-state index is 0.00794. The number of ether oxygens (including phenoxy) is 1. The first-order valence-corrected chi connectivity index (χ1v) is 9.43. The van der Waals surface area contributed by atoms with Crippen molar-refractivity contribution in [3.8, 4) is 11.5 Å². The second-order valence-electron chi connectivity index (χ2n) is 7.56. The zero-order chi connectivity index (χ0) is 19.3. The van der Waals surface area contributed by atoms with Gasteiger partial charge in [-0.15, -0.1) is 10.2 Å². The van der Waals surface area contributed by atoms with Crippen LogP contribution in [0.3, 0.4) is 0 Å². The van der Waals surface area contributed by atoms with Crippen LogP contribution >= 0.6 is 0 Å². The fourth-order valence-electron chi connectivity index (χ4n) is 3.07. The third-order valence-corrected chi connectivity index (χ3v) is 4.92. The lowest BCUT2D eigenvalue weighted by atomic mass is 10.0. The summed E-state index contributed by atoms with van der Waals surface area (Å²) in [5.74, 6) is 0.957. The van der Waals surface area contributed by atoms with E-state index in [1.54, 1.807) is 0 Å². The van der Waals surface area contributed by atoms with Crippen LogP contribution in [0.1, 0.15) is 31.7 Å². The molecule has 1 aromatic carbocycles. The molecule has 0 unspecified atom stereocenters. The molecule has 7 heteroatoms. The molecule has 0 atom stereocenters. The zero-order valence-corrected chi connectivity index (χ0v) is 16.3. The third kappa shape index (κ3) is 5.37. The van der Waals surface area contributed by atoms with Gasteiger partial charge in [0.05, 0.1) is 13.2 Å². The number of hydrogen-bond acceptors (Lipinski definition) is 6. The van der Waals surface area contributed by atoms with Crippen molar-refractivity contribution in [2.45, 2.75) is 39.2 Å². The summed E-state index contributed by atoms with van der Waals surface area (Å²) in [5, 5.41) is 11.1. The van der Waals surface area contributed by atoms with Crippen molar-refractivity contribution in [3.63, 3.8) is 0 Å². The van der Waals surface area contributed by atoms with Gasteiger partial charge in [0.25, 0.3) is 0 Å². The van der Waals surface area contributed by atoms with Crippen molar-refractivity contribution < 1.29 is 13.9 Å². The van der Waals surface area contributed by atoms with Gasteiger partial charge in [-0.2, -0.15) is 0 Å². The second kappa shape index (κ2) is 8.63. The van der Waals surface area contributed by atoms with Crippen molar-refractivity contribution in [1.82, 2.24) is 20.4 Å². The minimum Gasteiger partial charge on any atom is -0.421 e. The Hall–Kier alpha value is -2.25. The molecule has 0 aliphatic carbocycles. The fraction of sp³-hybridized carbons (Fsp3) is 0.550. The smallest absolute Gasteiger partial charge is 0.247 e. The van der Waals surface area contributed by atoms with Gasteiger partial charge in [0.2, 0.25) is 17.7 Å². The SMILES string of the molecule is Cc1ccc(-c2nnc(CCC(=O)NCC(C)(C)N3CCOCC3)o2)cc1. The largest absolute Gasteiger partial charge is 0.421 e. The number of carbonyl (C=O) groups excluding carboxylic acids is 1. The van der Waals surface area contributed by atoms with Crippen molar-refractivity contribution in [2.24, 2.45) is 0 Å². The van der Waals surface area contributed by atoms with Crippen LogP contribution in [0.25, 0.3) is 11.5 Å². The highest BCUT2D eigenvalue weighted by atomic mass is 16.5. The van der Waals surface area contributed by atoms with Gasteiger partial charge in [-0.05, 0) is 32.9 Å². The number of nitrogens with zero attached hydrogens (tertiary/aromatic N) is 3. The number of aryl methyl sites for hydroxylation is 2. The van der Waals surface area contributed by atoms with E-state index in [9.17, 15) is 4.79 Å². The van der Waals surface area contributed by atoms with Gasteiger partial charge >= 0.3 is 0 Å². The minimum atomic E-state index is -0.0947. The molecule has 0 spiro atoms. The Labute approximate surface area is 160 Å². The van der Waals surface area contributed by atoms with Gasteiger partial charge in [0.1, 0.15) is 0 Å². The molecule has 1 amide bonds. The van der Waals surface area contributed by atoms with Crippen LogP contribution in [0.5, 0.6) is 0 Å². The summed E-state index contributed by atoms with van der Waals surface area (Å²) in [7, 11) is 0. The molecular weight excluding hydrogens is 344 g/mol. The Balaban J connectivity index is 1.46. The Morgan fingerprint density at radius 3 is 2.59 bits per heavy atom. The number of nitrogens with one attached hydrogen (secondary N) is 1. The molecule has 7 nitrogen and oxygen atoms in total. The highest BCUT2D eigenvalue weighted by molar-refractivity contribution is 5.76. The summed E-state index contributed by atoms with van der Waals surface area (Å²) >= 11 is 0. The molecule has 0 saturated carbocycles. The normalized spacial score (nSPS) is 15.7. The molecule has 0 radical (unpaired) electrons. The molecule has 1 N–H and O–H groups in total. The lowest BCUT2D eigenvalue weighted by Crippen LogP contribution is -2.55. The molecule has 1 saturated heterocycles. The maximum Gasteiger partial charge on any atom is 0.247 e. The second-order valence-corrected chi connectivity index (χ2v) is 7.56. The Bertz CT molecular complexity index is 749. The Morgan fingerprint density at radius 2 is 1.89 bits per heavy atom. The summed E-state index contributed by atoms with van der Waals surface area (Å²) in [6.07, 6.45) is 0.761. The molecule has 1 fully saturated rings. The van der Waals surface area contributed by atoms with E-state index in [0.29, 0.717) is 31.2 Å². The van der Waals surface area contributed by atoms with Gasteiger partial charge < -0.3 is 14.5 Å². The van der Waals surface area contributed by atoms with Gasteiger partial charge in [-0.25, -0.2) is 0 Å². The van der Waals surface area contributed by atoms with Crippen molar-refractivity contribution >= 4 is 5.91 Å². The quantitative estimate of drug-likeness (QED) is 0.803. The summed E-state index contributed by atoms with van der Waals surface area (Å²) in [4.78, 5) is 14.6. The number of rotatable bonds is 7. The molecule has 1 aromatic heterocycles. The maximum atomic E-state index is 12.2. The molecule has 27 heavy (non-hydrogen) atoms. The predicted octanol–water partition coefficient (Wildman–Crippen LogP) is 2.20. The molecule has 0 bridgehead atoms. The summed E-state index contributed by atoms with van der Waals surface area (Å²) in [6, 6.07) is 7.91. The van der Waals surface area contributed by atoms with E-state index in [-0.39, 0.29) is 11.4 Å². The van der Waals surface area contributed by atoms with E-state index < -0.39 is 0 Å². The van der Waals surface area contributed by atoms with E-state index in [2.05, 4.69) is 34.3 Å². The lowest BCUT2D eigenvalue weighted by molar-refractivity contribution is -0.121. The fourth-order valence-corrected chi connectivity index (χ4v) is 3.07.